The van der Waals surface area contributed by atoms with Crippen molar-refractivity contribution < 1.29 is 28.5 Å². The van der Waals surface area contributed by atoms with E-state index in [2.05, 4.69) is 33.9 Å². The largest absolute Gasteiger partial charge is 0.507 e. The predicted octanol–water partition coefficient (Wildman–Crippen LogP) is 7.09. The first-order valence-corrected chi connectivity index (χ1v) is 15.4. The van der Waals surface area contributed by atoms with Gasteiger partial charge in [-0.3, -0.25) is 4.79 Å². The van der Waals surface area contributed by atoms with Crippen LogP contribution in [0.2, 0.25) is 0 Å². The first-order valence-electron chi connectivity index (χ1n) is 15.4. The second kappa shape index (κ2) is 17.4. The third-order valence-electron chi connectivity index (χ3n) is 7.23. The molecule has 0 amide bonds. The second-order valence-electron chi connectivity index (χ2n) is 11.0. The number of hydrogen-bond donors (Lipinski definition) is 1. The quantitative estimate of drug-likeness (QED) is 0.0468. The summed E-state index contributed by atoms with van der Waals surface area (Å²) in [5.74, 6) is 1.13. The fraction of sp³-hybridized carbons (Fsp3) is 0.289. The molecular formula is C38H44N2O4+2. The molecule has 6 nitrogen and oxygen atoms in total. The van der Waals surface area contributed by atoms with Gasteiger partial charge in [-0.05, 0) is 69.0 Å². The lowest BCUT2D eigenvalue weighted by Crippen LogP contribution is -2.32. The molecule has 0 atom stereocenters. The van der Waals surface area contributed by atoms with Gasteiger partial charge in [-0.25, -0.2) is 9.13 Å². The number of carbonyl (C=O) groups excluding carboxylic acids is 1. The number of ether oxygens (including phenoxy) is 2. The molecule has 0 radical (unpaired) electrons. The number of phenolic OH excluding ortho intramolecular Hbond substituents is 1. The van der Waals surface area contributed by atoms with E-state index in [0.717, 1.165) is 55.7 Å². The first kappa shape index (κ1) is 32.2. The van der Waals surface area contributed by atoms with E-state index in [9.17, 15) is 9.90 Å². The highest BCUT2D eigenvalue weighted by Crippen LogP contribution is 2.33. The van der Waals surface area contributed by atoms with Crippen LogP contribution in [0.4, 0.5) is 0 Å². The summed E-state index contributed by atoms with van der Waals surface area (Å²) < 4.78 is 16.3. The third-order valence-corrected chi connectivity index (χ3v) is 7.23. The van der Waals surface area contributed by atoms with Crippen LogP contribution in [0, 0.1) is 0 Å². The fourth-order valence-electron chi connectivity index (χ4n) is 4.72. The Hall–Kier alpha value is -4.71. The minimum Gasteiger partial charge on any atom is -0.507 e. The molecular weight excluding hydrogens is 548 g/mol. The molecule has 4 rings (SSSR count). The lowest BCUT2D eigenvalue weighted by molar-refractivity contribution is -0.697. The minimum atomic E-state index is -0.260. The number of benzene rings is 2. The summed E-state index contributed by atoms with van der Waals surface area (Å²) in [4.78, 5) is 13.1. The topological polar surface area (TPSA) is 63.5 Å². The molecule has 0 aliphatic heterocycles. The molecule has 2 aromatic heterocycles. The Bertz CT molecular complexity index is 1510. The zero-order valence-electron chi connectivity index (χ0n) is 25.9. The van der Waals surface area contributed by atoms with Crippen molar-refractivity contribution in [1.82, 2.24) is 0 Å². The molecule has 6 heteroatoms. The number of phenols is 1. The number of pyridine rings is 2. The van der Waals surface area contributed by atoms with Gasteiger partial charge < -0.3 is 14.6 Å². The number of allylic oxidation sites excluding steroid dienone is 3. The molecule has 0 saturated carbocycles. The van der Waals surface area contributed by atoms with E-state index in [1.165, 1.54) is 6.08 Å². The van der Waals surface area contributed by atoms with Gasteiger partial charge in [0.25, 0.3) is 0 Å². The van der Waals surface area contributed by atoms with E-state index in [1.807, 2.05) is 80.6 Å². The summed E-state index contributed by atoms with van der Waals surface area (Å²) in [5.41, 5.74) is 2.90. The molecule has 0 aliphatic carbocycles. The summed E-state index contributed by atoms with van der Waals surface area (Å²) in [6.07, 6.45) is 17.9. The van der Waals surface area contributed by atoms with E-state index in [4.69, 9.17) is 9.47 Å². The highest BCUT2D eigenvalue weighted by atomic mass is 16.5. The van der Waals surface area contributed by atoms with Crippen LogP contribution in [0.25, 0.3) is 6.08 Å². The number of hydrogen-bond acceptors (Lipinski definition) is 4. The van der Waals surface area contributed by atoms with Crippen LogP contribution in [0.3, 0.4) is 0 Å². The Kier molecular flexibility index (Phi) is 12.7. The van der Waals surface area contributed by atoms with Crippen molar-refractivity contribution in [2.24, 2.45) is 0 Å². The molecule has 0 aliphatic rings. The van der Waals surface area contributed by atoms with Crippen molar-refractivity contribution in [2.75, 3.05) is 13.2 Å². The maximum absolute atomic E-state index is 13.1. The van der Waals surface area contributed by atoms with Crippen LogP contribution < -0.4 is 18.6 Å². The van der Waals surface area contributed by atoms with Crippen LogP contribution >= 0.6 is 0 Å². The van der Waals surface area contributed by atoms with Gasteiger partial charge in [0.15, 0.2) is 30.6 Å². The predicted molar refractivity (Wildman–Crippen MR) is 174 cm³/mol. The monoisotopic (exact) mass is 592 g/mol. The number of aromatic nitrogens is 2. The number of ketones is 1. The van der Waals surface area contributed by atoms with Crippen molar-refractivity contribution in [2.45, 2.75) is 59.0 Å². The van der Waals surface area contributed by atoms with E-state index in [-0.39, 0.29) is 17.1 Å². The Morgan fingerprint density at radius 3 is 1.93 bits per heavy atom. The Labute approximate surface area is 261 Å². The number of aromatic hydroxyl groups is 1. The summed E-state index contributed by atoms with van der Waals surface area (Å²) in [6, 6.07) is 23.3. The maximum atomic E-state index is 13.1. The lowest BCUT2D eigenvalue weighted by atomic mass is 10.00. The van der Waals surface area contributed by atoms with Gasteiger partial charge in [0.1, 0.15) is 30.3 Å². The summed E-state index contributed by atoms with van der Waals surface area (Å²) >= 11 is 0. The van der Waals surface area contributed by atoms with Crippen molar-refractivity contribution in [3.8, 4) is 17.2 Å². The molecule has 4 aromatic rings. The Morgan fingerprint density at radius 2 is 1.34 bits per heavy atom. The number of unbranched alkanes of at least 4 members (excludes halogenated alkanes) is 2. The number of carbonyl (C=O) groups is 1. The number of aryl methyl sites for hydroxylation is 2. The lowest BCUT2D eigenvalue weighted by Gasteiger charge is -2.14. The molecule has 0 fully saturated rings. The van der Waals surface area contributed by atoms with Gasteiger partial charge in [-0.1, -0.05) is 42.0 Å². The SMILES string of the molecule is CC(C)=CCc1c(OCCCC[n+]2ccccc2)ccc(C(=O)/C=C/c2ccc(OCCCC[n+]3ccccc3)cc2)c1O. The zero-order valence-corrected chi connectivity index (χ0v) is 25.9. The van der Waals surface area contributed by atoms with Gasteiger partial charge in [0, 0.05) is 42.7 Å². The highest BCUT2D eigenvalue weighted by Gasteiger charge is 2.17. The zero-order chi connectivity index (χ0) is 31.0. The van der Waals surface area contributed by atoms with E-state index in [1.54, 1.807) is 18.2 Å². The Balaban J connectivity index is 1.30. The van der Waals surface area contributed by atoms with Crippen LogP contribution in [-0.2, 0) is 19.5 Å². The van der Waals surface area contributed by atoms with Gasteiger partial charge >= 0.3 is 0 Å². The molecule has 44 heavy (non-hydrogen) atoms. The average molecular weight is 593 g/mol. The number of nitrogens with zero attached hydrogens (tertiary/aromatic N) is 2. The van der Waals surface area contributed by atoms with Crippen molar-refractivity contribution in [1.29, 1.82) is 0 Å². The van der Waals surface area contributed by atoms with Gasteiger partial charge in [-0.2, -0.15) is 0 Å². The van der Waals surface area contributed by atoms with Gasteiger partial charge in [0.2, 0.25) is 0 Å². The molecule has 1 N–H and O–H groups in total. The fourth-order valence-corrected chi connectivity index (χ4v) is 4.72. The summed E-state index contributed by atoms with van der Waals surface area (Å²) in [6.45, 7) is 7.11. The standard InChI is InChI=1S/C38H43N2O4/c1-31(2)13-19-35-37(44-30-12-10-28-40-25-7-4-8-26-40)22-20-34(38(35)42)36(41)21-16-32-14-17-33(18-15-32)43-29-11-9-27-39-23-5-3-6-24-39/h3-8,13-18,20-26H,9-12,19,27-30H2,1-2H3/q+1/p+1/b21-16+. The van der Waals surface area contributed by atoms with Crippen LogP contribution in [-0.4, -0.2) is 24.1 Å². The Morgan fingerprint density at radius 1 is 0.750 bits per heavy atom. The van der Waals surface area contributed by atoms with Crippen LogP contribution in [0.15, 0.2) is 115 Å². The van der Waals surface area contributed by atoms with Crippen LogP contribution in [0.5, 0.6) is 17.2 Å². The van der Waals surface area contributed by atoms with E-state index < -0.39 is 0 Å². The molecule has 0 bridgehead atoms. The maximum Gasteiger partial charge on any atom is 0.189 e. The normalized spacial score (nSPS) is 11.0. The van der Waals surface area contributed by atoms with Gasteiger partial charge in [0.05, 0.1) is 18.8 Å². The minimum absolute atomic E-state index is 0.0242. The molecule has 0 unspecified atom stereocenters. The van der Waals surface area contributed by atoms with E-state index in [0.29, 0.717) is 30.9 Å². The molecule has 2 aromatic carbocycles. The average Bonchev–Trinajstić information content (AvgIpc) is 3.04. The second-order valence-corrected chi connectivity index (χ2v) is 11.0. The third kappa shape index (κ3) is 10.5. The van der Waals surface area contributed by atoms with E-state index >= 15 is 0 Å². The molecule has 228 valence electrons. The number of rotatable bonds is 17. The molecule has 0 saturated heterocycles. The highest BCUT2D eigenvalue weighted by molar-refractivity contribution is 6.09. The van der Waals surface area contributed by atoms with Crippen molar-refractivity contribution in [3.05, 3.63) is 132 Å². The van der Waals surface area contributed by atoms with Crippen LogP contribution in [0.1, 0.15) is 61.0 Å². The summed E-state index contributed by atoms with van der Waals surface area (Å²) in [5, 5.41) is 11.1. The molecule has 2 heterocycles. The van der Waals surface area contributed by atoms with Crippen molar-refractivity contribution in [3.63, 3.8) is 0 Å². The van der Waals surface area contributed by atoms with Crippen molar-refractivity contribution >= 4 is 11.9 Å². The summed E-state index contributed by atoms with van der Waals surface area (Å²) in [7, 11) is 0. The first-order chi connectivity index (χ1) is 21.5. The smallest absolute Gasteiger partial charge is 0.189 e. The molecule has 0 spiro atoms. The van der Waals surface area contributed by atoms with Gasteiger partial charge in [-0.15, -0.1) is 0 Å².